The van der Waals surface area contributed by atoms with Crippen LogP contribution in [-0.4, -0.2) is 0 Å². The molecule has 2 aromatic rings. The smallest absolute Gasteiger partial charge is 0.130 e. The lowest BCUT2D eigenvalue weighted by Crippen LogP contribution is -1.92. The molecule has 0 unspecified atom stereocenters. The van der Waals surface area contributed by atoms with Crippen molar-refractivity contribution in [3.05, 3.63) is 54.1 Å². The highest BCUT2D eigenvalue weighted by Gasteiger charge is 2.03. The average molecular weight is 241 g/mol. The summed E-state index contributed by atoms with van der Waals surface area (Å²) in [5, 5.41) is 0. The van der Waals surface area contributed by atoms with Gasteiger partial charge in [0.2, 0.25) is 0 Å². The summed E-state index contributed by atoms with van der Waals surface area (Å²) in [5.74, 6) is 1.77. The topological polar surface area (TPSA) is 35.2 Å². The van der Waals surface area contributed by atoms with Crippen molar-refractivity contribution < 1.29 is 4.74 Å². The van der Waals surface area contributed by atoms with Crippen molar-refractivity contribution in [2.75, 3.05) is 5.73 Å². The van der Waals surface area contributed by atoms with Gasteiger partial charge in [-0.05, 0) is 48.7 Å². The largest absolute Gasteiger partial charge is 0.457 e. The third kappa shape index (κ3) is 3.27. The van der Waals surface area contributed by atoms with E-state index in [1.807, 2.05) is 36.4 Å². The summed E-state index contributed by atoms with van der Waals surface area (Å²) in [5.41, 5.74) is 7.67. The monoisotopic (exact) mass is 241 g/mol. The summed E-state index contributed by atoms with van der Waals surface area (Å²) >= 11 is 0. The van der Waals surface area contributed by atoms with Gasteiger partial charge in [-0.15, -0.1) is 0 Å². The second-order valence-corrected chi connectivity index (χ2v) is 4.38. The minimum Gasteiger partial charge on any atom is -0.457 e. The van der Waals surface area contributed by atoms with Crippen molar-refractivity contribution in [1.29, 1.82) is 0 Å². The quantitative estimate of drug-likeness (QED) is 0.787. The zero-order valence-corrected chi connectivity index (χ0v) is 10.7. The van der Waals surface area contributed by atoms with Gasteiger partial charge in [-0.2, -0.15) is 0 Å². The number of hydrogen-bond donors (Lipinski definition) is 1. The number of unbranched alkanes of at least 4 members (excludes halogenated alkanes) is 1. The summed E-state index contributed by atoms with van der Waals surface area (Å²) in [7, 11) is 0. The Hall–Kier alpha value is -1.96. The van der Waals surface area contributed by atoms with E-state index in [9.17, 15) is 0 Å². The number of hydrogen-bond acceptors (Lipinski definition) is 2. The molecule has 0 atom stereocenters. The molecule has 0 saturated heterocycles. The number of para-hydroxylation sites is 1. The first-order valence-corrected chi connectivity index (χ1v) is 6.41. The second kappa shape index (κ2) is 6.10. The molecule has 0 bridgehead atoms. The molecular weight excluding hydrogens is 222 g/mol. The van der Waals surface area contributed by atoms with Crippen LogP contribution in [0.15, 0.2) is 48.5 Å². The molecule has 2 aromatic carbocycles. The van der Waals surface area contributed by atoms with Crippen LogP contribution in [0.3, 0.4) is 0 Å². The standard InChI is InChI=1S/C16H19NO/c1-2-3-6-13-7-4-5-8-16(13)18-15-11-9-14(17)10-12-15/h4-5,7-12H,2-3,6,17H2,1H3. The molecule has 94 valence electrons. The van der Waals surface area contributed by atoms with Gasteiger partial charge in [0.25, 0.3) is 0 Å². The Kier molecular flexibility index (Phi) is 4.24. The van der Waals surface area contributed by atoms with Gasteiger partial charge in [0.05, 0.1) is 0 Å². The molecule has 0 aromatic heterocycles. The van der Waals surface area contributed by atoms with Crippen LogP contribution in [0.25, 0.3) is 0 Å². The lowest BCUT2D eigenvalue weighted by molar-refractivity contribution is 0.475. The van der Waals surface area contributed by atoms with Crippen LogP contribution in [0.5, 0.6) is 11.5 Å². The molecule has 0 aliphatic rings. The maximum absolute atomic E-state index is 5.91. The Balaban J connectivity index is 2.15. The van der Waals surface area contributed by atoms with Crippen molar-refractivity contribution in [1.82, 2.24) is 0 Å². The number of anilines is 1. The Labute approximate surface area is 108 Å². The van der Waals surface area contributed by atoms with E-state index >= 15 is 0 Å². The van der Waals surface area contributed by atoms with Gasteiger partial charge >= 0.3 is 0 Å². The molecule has 0 spiro atoms. The van der Waals surface area contributed by atoms with Crippen LogP contribution >= 0.6 is 0 Å². The first-order chi connectivity index (χ1) is 8.79. The lowest BCUT2D eigenvalue weighted by Gasteiger charge is -2.10. The van der Waals surface area contributed by atoms with Gasteiger partial charge in [-0.25, -0.2) is 0 Å². The van der Waals surface area contributed by atoms with E-state index < -0.39 is 0 Å². The molecule has 2 nitrogen and oxygen atoms in total. The van der Waals surface area contributed by atoms with Gasteiger partial charge in [-0.3, -0.25) is 0 Å². The number of nitrogen functional groups attached to an aromatic ring is 1. The van der Waals surface area contributed by atoms with Gasteiger partial charge in [-0.1, -0.05) is 31.5 Å². The predicted molar refractivity (Wildman–Crippen MR) is 76.0 cm³/mol. The third-order valence-corrected chi connectivity index (χ3v) is 2.88. The van der Waals surface area contributed by atoms with Crippen molar-refractivity contribution in [3.63, 3.8) is 0 Å². The number of aryl methyl sites for hydroxylation is 1. The van der Waals surface area contributed by atoms with E-state index in [4.69, 9.17) is 10.5 Å². The predicted octanol–water partition coefficient (Wildman–Crippen LogP) is 4.40. The van der Waals surface area contributed by atoms with E-state index in [-0.39, 0.29) is 0 Å². The second-order valence-electron chi connectivity index (χ2n) is 4.38. The molecule has 2 rings (SSSR count). The molecule has 0 amide bonds. The highest BCUT2D eigenvalue weighted by Crippen LogP contribution is 2.26. The van der Waals surface area contributed by atoms with Crippen LogP contribution in [0.1, 0.15) is 25.3 Å². The molecule has 0 saturated carbocycles. The SMILES string of the molecule is CCCCc1ccccc1Oc1ccc(N)cc1. The number of ether oxygens (including phenoxy) is 1. The molecule has 0 radical (unpaired) electrons. The van der Waals surface area contributed by atoms with Gasteiger partial charge < -0.3 is 10.5 Å². The van der Waals surface area contributed by atoms with E-state index in [0.29, 0.717) is 0 Å². The summed E-state index contributed by atoms with van der Waals surface area (Å²) in [6, 6.07) is 15.7. The molecule has 0 aliphatic carbocycles. The Morgan fingerprint density at radius 3 is 2.44 bits per heavy atom. The normalized spacial score (nSPS) is 10.3. The first kappa shape index (κ1) is 12.5. The first-order valence-electron chi connectivity index (χ1n) is 6.41. The highest BCUT2D eigenvalue weighted by molar-refractivity contribution is 5.44. The summed E-state index contributed by atoms with van der Waals surface area (Å²) < 4.78 is 5.91. The maximum Gasteiger partial charge on any atom is 0.130 e. The molecule has 18 heavy (non-hydrogen) atoms. The Morgan fingerprint density at radius 2 is 1.72 bits per heavy atom. The number of nitrogens with two attached hydrogens (primary N) is 1. The van der Waals surface area contributed by atoms with Crippen LogP contribution in [-0.2, 0) is 6.42 Å². The van der Waals surface area contributed by atoms with Gasteiger partial charge in [0.15, 0.2) is 0 Å². The van der Waals surface area contributed by atoms with E-state index in [2.05, 4.69) is 19.1 Å². The van der Waals surface area contributed by atoms with Crippen LogP contribution in [0, 0.1) is 0 Å². The van der Waals surface area contributed by atoms with E-state index in [1.165, 1.54) is 18.4 Å². The number of rotatable bonds is 5. The van der Waals surface area contributed by atoms with E-state index in [1.54, 1.807) is 0 Å². The maximum atomic E-state index is 5.91. The fourth-order valence-corrected chi connectivity index (χ4v) is 1.84. The average Bonchev–Trinajstić information content (AvgIpc) is 2.40. The fourth-order valence-electron chi connectivity index (χ4n) is 1.84. The third-order valence-electron chi connectivity index (χ3n) is 2.88. The van der Waals surface area contributed by atoms with Crippen molar-refractivity contribution in [2.24, 2.45) is 0 Å². The molecule has 0 heterocycles. The summed E-state index contributed by atoms with van der Waals surface area (Å²) in [6.45, 7) is 2.20. The Bertz CT molecular complexity index is 491. The minimum absolute atomic E-state index is 0.751. The van der Waals surface area contributed by atoms with Crippen LogP contribution < -0.4 is 10.5 Å². The molecule has 0 aliphatic heterocycles. The zero-order valence-electron chi connectivity index (χ0n) is 10.7. The zero-order chi connectivity index (χ0) is 12.8. The van der Waals surface area contributed by atoms with Crippen LogP contribution in [0.2, 0.25) is 0 Å². The Morgan fingerprint density at radius 1 is 1.00 bits per heavy atom. The minimum atomic E-state index is 0.751. The molecule has 0 fully saturated rings. The van der Waals surface area contributed by atoms with Crippen molar-refractivity contribution in [3.8, 4) is 11.5 Å². The molecular formula is C16H19NO. The summed E-state index contributed by atoms with van der Waals surface area (Å²) in [6.07, 6.45) is 3.43. The van der Waals surface area contributed by atoms with E-state index in [0.717, 1.165) is 23.6 Å². The molecule has 2 N–H and O–H groups in total. The lowest BCUT2D eigenvalue weighted by atomic mass is 10.1. The highest BCUT2D eigenvalue weighted by atomic mass is 16.5. The van der Waals surface area contributed by atoms with Crippen molar-refractivity contribution in [2.45, 2.75) is 26.2 Å². The van der Waals surface area contributed by atoms with Gasteiger partial charge in [0.1, 0.15) is 11.5 Å². The number of benzene rings is 2. The van der Waals surface area contributed by atoms with Crippen molar-refractivity contribution >= 4 is 5.69 Å². The summed E-state index contributed by atoms with van der Waals surface area (Å²) in [4.78, 5) is 0. The van der Waals surface area contributed by atoms with Crippen LogP contribution in [0.4, 0.5) is 5.69 Å². The fraction of sp³-hybridized carbons (Fsp3) is 0.250. The van der Waals surface area contributed by atoms with Gasteiger partial charge in [0, 0.05) is 5.69 Å². The molecule has 2 heteroatoms.